The van der Waals surface area contributed by atoms with Gasteiger partial charge in [-0.3, -0.25) is 9.59 Å². The Labute approximate surface area is 204 Å². The van der Waals surface area contributed by atoms with E-state index >= 15 is 0 Å². The molecule has 0 heterocycles. The minimum Gasteiger partial charge on any atom is -0.491 e. The summed E-state index contributed by atoms with van der Waals surface area (Å²) in [6, 6.07) is 6.83. The van der Waals surface area contributed by atoms with Crippen LogP contribution in [-0.4, -0.2) is 44.2 Å². The number of nitrogens with zero attached hydrogens (tertiary/aromatic N) is 2. The number of carbonyl (C=O) groups is 2. The van der Waals surface area contributed by atoms with E-state index in [0.717, 1.165) is 0 Å². The maximum Gasteiger partial charge on any atom is 0.259 e. The molecule has 0 fully saturated rings. The van der Waals surface area contributed by atoms with E-state index < -0.39 is 17.7 Å². The minimum absolute atomic E-state index is 0.257. The molecule has 2 aromatic carbocycles. The van der Waals surface area contributed by atoms with Crippen molar-refractivity contribution < 1.29 is 28.5 Å². The second-order valence-corrected chi connectivity index (χ2v) is 7.27. The van der Waals surface area contributed by atoms with Gasteiger partial charge in [-0.1, -0.05) is 17.7 Å². The number of anilines is 1. The number of ether oxygens (including phenoxy) is 4. The van der Waals surface area contributed by atoms with Gasteiger partial charge >= 0.3 is 0 Å². The second kappa shape index (κ2) is 13.4. The number of azo groups is 1. The van der Waals surface area contributed by atoms with Gasteiger partial charge in [0.1, 0.15) is 22.9 Å². The van der Waals surface area contributed by atoms with Gasteiger partial charge in [0, 0.05) is 17.2 Å². The number of nitrogens with one attached hydrogen (secondary N) is 1. The summed E-state index contributed by atoms with van der Waals surface area (Å²) in [5, 5.41) is 11.2. The van der Waals surface area contributed by atoms with Crippen LogP contribution in [0.4, 0.5) is 11.4 Å². The summed E-state index contributed by atoms with van der Waals surface area (Å²) in [4.78, 5) is 25.4. The average molecular weight is 492 g/mol. The molecule has 0 spiro atoms. The third-order valence-corrected chi connectivity index (χ3v) is 4.56. The molecule has 34 heavy (non-hydrogen) atoms. The van der Waals surface area contributed by atoms with Crippen molar-refractivity contribution in [3.8, 4) is 23.0 Å². The van der Waals surface area contributed by atoms with Gasteiger partial charge in [-0.2, -0.15) is 10.2 Å². The summed E-state index contributed by atoms with van der Waals surface area (Å²) in [5.41, 5.74) is 0.594. The summed E-state index contributed by atoms with van der Waals surface area (Å²) in [6.45, 7) is 10.0. The number of hydrogen-bond donors (Lipinski definition) is 1. The fourth-order valence-corrected chi connectivity index (χ4v) is 3.19. The number of halogens is 1. The molecule has 2 aromatic rings. The van der Waals surface area contributed by atoms with Crippen LogP contribution >= 0.6 is 11.6 Å². The number of hydrogen-bond acceptors (Lipinski definition) is 8. The van der Waals surface area contributed by atoms with E-state index in [-0.39, 0.29) is 5.69 Å². The zero-order chi connectivity index (χ0) is 25.1. The number of amides is 1. The summed E-state index contributed by atoms with van der Waals surface area (Å²) in [7, 11) is 0. The van der Waals surface area contributed by atoms with Crippen LogP contribution in [0.5, 0.6) is 23.0 Å². The monoisotopic (exact) mass is 491 g/mol. The Morgan fingerprint density at radius 2 is 1.47 bits per heavy atom. The third-order valence-electron chi connectivity index (χ3n) is 4.34. The molecule has 0 aliphatic rings. The van der Waals surface area contributed by atoms with Crippen molar-refractivity contribution in [3.63, 3.8) is 0 Å². The highest BCUT2D eigenvalue weighted by Crippen LogP contribution is 2.39. The van der Waals surface area contributed by atoms with Crippen LogP contribution in [0, 0.1) is 0 Å². The Kier molecular flexibility index (Phi) is 10.6. The van der Waals surface area contributed by atoms with Crippen molar-refractivity contribution in [2.45, 2.75) is 40.7 Å². The van der Waals surface area contributed by atoms with Gasteiger partial charge in [-0.15, -0.1) is 0 Å². The molecule has 10 heteroatoms. The molecule has 1 atom stereocenters. The van der Waals surface area contributed by atoms with Crippen LogP contribution in [-0.2, 0) is 9.59 Å². The van der Waals surface area contributed by atoms with Crippen LogP contribution in [0.1, 0.15) is 34.6 Å². The first-order valence-corrected chi connectivity index (χ1v) is 11.4. The highest BCUT2D eigenvalue weighted by Gasteiger charge is 2.26. The van der Waals surface area contributed by atoms with E-state index in [1.165, 1.54) is 6.92 Å². The lowest BCUT2D eigenvalue weighted by Crippen LogP contribution is -2.32. The lowest BCUT2D eigenvalue weighted by atomic mass is 10.2. The summed E-state index contributed by atoms with van der Waals surface area (Å²) < 4.78 is 22.4. The van der Waals surface area contributed by atoms with E-state index in [9.17, 15) is 9.59 Å². The van der Waals surface area contributed by atoms with E-state index in [0.29, 0.717) is 60.1 Å². The molecule has 0 saturated carbocycles. The van der Waals surface area contributed by atoms with Crippen LogP contribution in [0.3, 0.4) is 0 Å². The molecule has 1 unspecified atom stereocenters. The van der Waals surface area contributed by atoms with Crippen molar-refractivity contribution in [2.75, 3.05) is 31.7 Å². The van der Waals surface area contributed by atoms with Gasteiger partial charge < -0.3 is 24.3 Å². The Morgan fingerprint density at radius 1 is 0.912 bits per heavy atom. The number of carbonyl (C=O) groups excluding carboxylic acids is 2. The topological polar surface area (TPSA) is 108 Å². The molecule has 0 bridgehead atoms. The van der Waals surface area contributed by atoms with Gasteiger partial charge in [0.05, 0.1) is 26.4 Å². The molecule has 9 nitrogen and oxygen atoms in total. The quantitative estimate of drug-likeness (QED) is 0.288. The maximum atomic E-state index is 13.1. The lowest BCUT2D eigenvalue weighted by molar-refractivity contribution is -0.126. The summed E-state index contributed by atoms with van der Waals surface area (Å²) in [6.07, 6.45) is 0. The molecule has 2 rings (SSSR count). The normalized spacial score (nSPS) is 11.7. The number of rotatable bonds is 13. The first-order chi connectivity index (χ1) is 16.4. The Bertz CT molecular complexity index is 1000. The van der Waals surface area contributed by atoms with Crippen molar-refractivity contribution in [3.05, 3.63) is 35.4 Å². The molecular formula is C24H30ClN3O6. The number of ketones is 1. The highest BCUT2D eigenvalue weighted by atomic mass is 35.5. The average Bonchev–Trinajstić information content (AvgIpc) is 2.78. The fourth-order valence-electron chi connectivity index (χ4n) is 2.99. The molecule has 0 aromatic heterocycles. The molecule has 184 valence electrons. The Hall–Kier alpha value is -3.33. The molecule has 1 amide bonds. The highest BCUT2D eigenvalue weighted by molar-refractivity contribution is 6.31. The van der Waals surface area contributed by atoms with E-state index in [4.69, 9.17) is 30.5 Å². The van der Waals surface area contributed by atoms with Gasteiger partial charge in [0.15, 0.2) is 17.3 Å². The largest absolute Gasteiger partial charge is 0.491 e. The van der Waals surface area contributed by atoms with Gasteiger partial charge in [0.2, 0.25) is 6.04 Å². The van der Waals surface area contributed by atoms with Crippen molar-refractivity contribution in [2.24, 2.45) is 10.2 Å². The van der Waals surface area contributed by atoms with Crippen LogP contribution < -0.4 is 24.3 Å². The van der Waals surface area contributed by atoms with Crippen molar-refractivity contribution in [1.29, 1.82) is 0 Å². The SMILES string of the molecule is CCOc1cc(Cl)cc(OCC)c1NC(=O)C(N=Nc1cccc(OCC)c1OCC)C(C)=O. The molecule has 0 saturated heterocycles. The van der Waals surface area contributed by atoms with Gasteiger partial charge in [-0.25, -0.2) is 0 Å². The Morgan fingerprint density at radius 3 is 2.00 bits per heavy atom. The smallest absolute Gasteiger partial charge is 0.259 e. The first kappa shape index (κ1) is 26.9. The maximum absolute atomic E-state index is 13.1. The zero-order valence-corrected chi connectivity index (χ0v) is 20.8. The van der Waals surface area contributed by atoms with Crippen molar-refractivity contribution >= 4 is 34.7 Å². The Balaban J connectivity index is 2.39. The van der Waals surface area contributed by atoms with E-state index in [1.807, 2.05) is 13.8 Å². The minimum atomic E-state index is -1.41. The molecular weight excluding hydrogens is 462 g/mol. The number of Topliss-reactive ketones (excluding diaryl/α,β-unsaturated/α-hetero) is 1. The standard InChI is InChI=1S/C24H30ClN3O6/c1-6-31-18-12-10-11-17(23(18)34-9-4)27-28-21(15(5)29)24(30)26-22-19(32-7-2)13-16(25)14-20(22)33-8-3/h10-14,21H,6-9H2,1-5H3,(H,26,30). The van der Waals surface area contributed by atoms with Gasteiger partial charge in [0.25, 0.3) is 5.91 Å². The first-order valence-electron chi connectivity index (χ1n) is 11.1. The van der Waals surface area contributed by atoms with E-state index in [2.05, 4.69) is 15.5 Å². The number of para-hydroxylation sites is 1. The predicted octanol–water partition coefficient (Wildman–Crippen LogP) is 5.61. The molecule has 0 aliphatic heterocycles. The van der Waals surface area contributed by atoms with Crippen molar-refractivity contribution in [1.82, 2.24) is 0 Å². The summed E-state index contributed by atoms with van der Waals surface area (Å²) >= 11 is 6.15. The lowest BCUT2D eigenvalue weighted by Gasteiger charge is -2.18. The summed E-state index contributed by atoms with van der Waals surface area (Å²) in [5.74, 6) is 0.314. The molecule has 1 N–H and O–H groups in total. The van der Waals surface area contributed by atoms with Crippen LogP contribution in [0.2, 0.25) is 5.02 Å². The second-order valence-electron chi connectivity index (χ2n) is 6.83. The zero-order valence-electron chi connectivity index (χ0n) is 20.0. The molecule has 0 radical (unpaired) electrons. The van der Waals surface area contributed by atoms with E-state index in [1.54, 1.807) is 44.2 Å². The van der Waals surface area contributed by atoms with Gasteiger partial charge in [-0.05, 0) is 46.8 Å². The third kappa shape index (κ3) is 7.08. The fraction of sp³-hybridized carbons (Fsp3) is 0.417. The predicted molar refractivity (Wildman–Crippen MR) is 130 cm³/mol. The van der Waals surface area contributed by atoms with Crippen LogP contribution in [0.15, 0.2) is 40.6 Å². The molecule has 0 aliphatic carbocycles. The number of benzene rings is 2. The van der Waals surface area contributed by atoms with Crippen LogP contribution in [0.25, 0.3) is 0 Å².